The molecule has 1 aliphatic rings. The van der Waals surface area contributed by atoms with E-state index in [2.05, 4.69) is 29.6 Å². The van der Waals surface area contributed by atoms with Crippen molar-refractivity contribution in [3.63, 3.8) is 0 Å². The van der Waals surface area contributed by atoms with Crippen molar-refractivity contribution in [2.45, 2.75) is 32.9 Å². The lowest BCUT2D eigenvalue weighted by Gasteiger charge is -2.35. The number of carbonyl (C=O) groups excluding carboxylic acids is 2. The first-order valence-corrected chi connectivity index (χ1v) is 9.08. The normalized spacial score (nSPS) is 17.1. The second-order valence-corrected chi connectivity index (χ2v) is 6.99. The number of aromatic nitrogens is 2. The molecule has 27 heavy (non-hydrogen) atoms. The van der Waals surface area contributed by atoms with Crippen LogP contribution in [0.15, 0.2) is 36.5 Å². The van der Waals surface area contributed by atoms with E-state index >= 15 is 0 Å². The minimum atomic E-state index is -0.874. The van der Waals surface area contributed by atoms with Crippen LogP contribution in [0, 0.1) is 11.7 Å². The van der Waals surface area contributed by atoms with Gasteiger partial charge in [0.1, 0.15) is 17.7 Å². The summed E-state index contributed by atoms with van der Waals surface area (Å²) in [5.74, 6) is 0.318. The Labute approximate surface area is 157 Å². The Morgan fingerprint density at radius 2 is 2.22 bits per heavy atom. The van der Waals surface area contributed by atoms with Crippen LogP contribution in [-0.2, 0) is 11.3 Å². The minimum Gasteiger partial charge on any atom is -0.352 e. The van der Waals surface area contributed by atoms with Gasteiger partial charge in [-0.1, -0.05) is 26.0 Å². The van der Waals surface area contributed by atoms with Crippen LogP contribution in [0.25, 0.3) is 0 Å². The highest BCUT2D eigenvalue weighted by atomic mass is 19.1. The number of hydrogen-bond donors (Lipinski definition) is 2. The Hall–Kier alpha value is -2.90. The molecule has 2 heterocycles. The first kappa shape index (κ1) is 18.9. The number of benzene rings is 1. The molecule has 1 unspecified atom stereocenters. The van der Waals surface area contributed by atoms with E-state index < -0.39 is 17.9 Å². The van der Waals surface area contributed by atoms with Crippen molar-refractivity contribution < 1.29 is 14.0 Å². The number of nitrogens with one attached hydrogen (secondary N) is 2. The number of rotatable bonds is 5. The first-order valence-electron chi connectivity index (χ1n) is 9.08. The summed E-state index contributed by atoms with van der Waals surface area (Å²) in [5, 5.41) is 9.81. The van der Waals surface area contributed by atoms with Gasteiger partial charge in [0.2, 0.25) is 5.91 Å². The maximum absolute atomic E-state index is 13.6. The van der Waals surface area contributed by atoms with Crippen molar-refractivity contribution in [2.75, 3.05) is 18.4 Å². The van der Waals surface area contributed by atoms with Crippen molar-refractivity contribution in [3.05, 3.63) is 47.9 Å². The SMILES string of the molecule is CC(C)CCn1nccc1NC(=O)N1CCNC(=O)C1c1cccc(F)c1. The van der Waals surface area contributed by atoms with Crippen LogP contribution < -0.4 is 10.6 Å². The largest absolute Gasteiger partial charge is 0.352 e. The number of nitrogens with zero attached hydrogens (tertiary/aromatic N) is 3. The van der Waals surface area contributed by atoms with Crippen molar-refractivity contribution in [1.29, 1.82) is 0 Å². The Bertz CT molecular complexity index is 820. The van der Waals surface area contributed by atoms with Crippen LogP contribution in [0.4, 0.5) is 15.0 Å². The second-order valence-electron chi connectivity index (χ2n) is 6.99. The summed E-state index contributed by atoms with van der Waals surface area (Å²) in [6, 6.07) is 6.20. The second kappa shape index (κ2) is 8.20. The molecule has 0 bridgehead atoms. The van der Waals surface area contributed by atoms with Gasteiger partial charge < -0.3 is 10.2 Å². The zero-order valence-corrected chi connectivity index (χ0v) is 15.5. The Morgan fingerprint density at radius 1 is 1.41 bits per heavy atom. The van der Waals surface area contributed by atoms with E-state index in [0.29, 0.717) is 36.9 Å². The standard InChI is InChI=1S/C19H24FN5O2/c1-13(2)7-10-25-16(6-8-22-25)23-19(27)24-11-9-21-18(26)17(24)14-4-3-5-15(20)12-14/h3-6,8,12-13,17H,7,9-11H2,1-2H3,(H,21,26)(H,23,27). The van der Waals surface area contributed by atoms with Crippen LogP contribution in [-0.4, -0.2) is 39.7 Å². The van der Waals surface area contributed by atoms with E-state index in [-0.39, 0.29) is 5.91 Å². The highest BCUT2D eigenvalue weighted by Gasteiger charge is 2.34. The van der Waals surface area contributed by atoms with Gasteiger partial charge in [-0.2, -0.15) is 5.10 Å². The predicted molar refractivity (Wildman–Crippen MR) is 99.6 cm³/mol. The van der Waals surface area contributed by atoms with E-state index in [9.17, 15) is 14.0 Å². The van der Waals surface area contributed by atoms with Gasteiger partial charge in [-0.05, 0) is 30.0 Å². The van der Waals surface area contributed by atoms with E-state index in [1.807, 2.05) is 0 Å². The van der Waals surface area contributed by atoms with Gasteiger partial charge in [-0.3, -0.25) is 10.1 Å². The lowest BCUT2D eigenvalue weighted by Crippen LogP contribution is -2.53. The number of halogens is 1. The van der Waals surface area contributed by atoms with Gasteiger partial charge in [0.25, 0.3) is 0 Å². The molecule has 0 saturated carbocycles. The molecule has 1 aliphatic heterocycles. The molecule has 8 heteroatoms. The van der Waals surface area contributed by atoms with Gasteiger partial charge in [0.05, 0.1) is 6.20 Å². The number of piperazine rings is 1. The summed E-state index contributed by atoms with van der Waals surface area (Å²) in [5.41, 5.74) is 0.440. The number of aryl methyl sites for hydroxylation is 1. The molecule has 3 amide bonds. The summed E-state index contributed by atoms with van der Waals surface area (Å²) in [6.45, 7) is 5.62. The van der Waals surface area contributed by atoms with Crippen molar-refractivity contribution in [2.24, 2.45) is 5.92 Å². The number of carbonyl (C=O) groups is 2. The molecule has 1 aromatic carbocycles. The summed E-state index contributed by atoms with van der Waals surface area (Å²) in [4.78, 5) is 26.7. The average molecular weight is 373 g/mol. The lowest BCUT2D eigenvalue weighted by atomic mass is 10.0. The van der Waals surface area contributed by atoms with E-state index in [1.165, 1.54) is 23.1 Å². The number of urea groups is 1. The third kappa shape index (κ3) is 4.45. The molecule has 1 atom stereocenters. The molecule has 1 fully saturated rings. The summed E-state index contributed by atoms with van der Waals surface area (Å²) < 4.78 is 15.4. The highest BCUT2D eigenvalue weighted by molar-refractivity contribution is 5.94. The molecule has 2 N–H and O–H groups in total. The first-order chi connectivity index (χ1) is 13.0. The molecule has 3 rings (SSSR count). The molecular weight excluding hydrogens is 349 g/mol. The zero-order valence-electron chi connectivity index (χ0n) is 15.5. The van der Waals surface area contributed by atoms with Gasteiger partial charge in [-0.15, -0.1) is 0 Å². The molecule has 1 saturated heterocycles. The Kier molecular flexibility index (Phi) is 5.73. The number of hydrogen-bond acceptors (Lipinski definition) is 3. The Morgan fingerprint density at radius 3 is 2.96 bits per heavy atom. The molecule has 0 spiro atoms. The molecular formula is C19H24FN5O2. The van der Waals surface area contributed by atoms with E-state index in [1.54, 1.807) is 23.0 Å². The molecule has 0 radical (unpaired) electrons. The fourth-order valence-electron chi connectivity index (χ4n) is 3.07. The predicted octanol–water partition coefficient (Wildman–Crippen LogP) is 2.77. The number of anilines is 1. The van der Waals surface area contributed by atoms with Crippen molar-refractivity contribution in [1.82, 2.24) is 20.0 Å². The van der Waals surface area contributed by atoms with Crippen LogP contribution in [0.3, 0.4) is 0 Å². The van der Waals surface area contributed by atoms with Gasteiger partial charge >= 0.3 is 6.03 Å². The van der Waals surface area contributed by atoms with Crippen LogP contribution >= 0.6 is 0 Å². The smallest absolute Gasteiger partial charge is 0.324 e. The van der Waals surface area contributed by atoms with Gasteiger partial charge in [0, 0.05) is 25.7 Å². The van der Waals surface area contributed by atoms with Crippen molar-refractivity contribution in [3.8, 4) is 0 Å². The third-order valence-corrected chi connectivity index (χ3v) is 4.51. The zero-order chi connectivity index (χ0) is 19.4. The summed E-state index contributed by atoms with van der Waals surface area (Å²) in [6.07, 6.45) is 2.56. The number of amides is 3. The lowest BCUT2D eigenvalue weighted by molar-refractivity contribution is -0.127. The Balaban J connectivity index is 1.78. The maximum Gasteiger partial charge on any atom is 0.324 e. The molecule has 7 nitrogen and oxygen atoms in total. The summed E-state index contributed by atoms with van der Waals surface area (Å²) >= 11 is 0. The molecule has 144 valence electrons. The van der Waals surface area contributed by atoms with Crippen molar-refractivity contribution >= 4 is 17.8 Å². The fourth-order valence-corrected chi connectivity index (χ4v) is 3.07. The maximum atomic E-state index is 13.6. The van der Waals surface area contributed by atoms with Gasteiger partial charge in [-0.25, -0.2) is 13.9 Å². The third-order valence-electron chi connectivity index (χ3n) is 4.51. The van der Waals surface area contributed by atoms with Crippen LogP contribution in [0.5, 0.6) is 0 Å². The average Bonchev–Trinajstić information content (AvgIpc) is 3.06. The fraction of sp³-hybridized carbons (Fsp3) is 0.421. The highest BCUT2D eigenvalue weighted by Crippen LogP contribution is 2.25. The van der Waals surface area contributed by atoms with Gasteiger partial charge in [0.15, 0.2) is 0 Å². The monoisotopic (exact) mass is 373 g/mol. The molecule has 1 aromatic heterocycles. The van der Waals surface area contributed by atoms with Crippen LogP contribution in [0.1, 0.15) is 31.9 Å². The quantitative estimate of drug-likeness (QED) is 0.846. The van der Waals surface area contributed by atoms with E-state index in [0.717, 1.165) is 6.42 Å². The topological polar surface area (TPSA) is 79.3 Å². The minimum absolute atomic E-state index is 0.324. The molecule has 2 aromatic rings. The molecule has 0 aliphatic carbocycles. The van der Waals surface area contributed by atoms with E-state index in [4.69, 9.17) is 0 Å². The summed E-state index contributed by atoms with van der Waals surface area (Å²) in [7, 11) is 0. The van der Waals surface area contributed by atoms with Crippen LogP contribution in [0.2, 0.25) is 0 Å².